The van der Waals surface area contributed by atoms with Crippen LogP contribution in [0.5, 0.6) is 5.75 Å². The molecule has 1 aromatic heterocycles. The summed E-state index contributed by atoms with van der Waals surface area (Å²) in [6, 6.07) is 8.04. The molecule has 102 valence electrons. The summed E-state index contributed by atoms with van der Waals surface area (Å²) >= 11 is 0. The molecule has 5 heteroatoms. The van der Waals surface area contributed by atoms with E-state index in [-0.39, 0.29) is 6.04 Å². The maximum absolute atomic E-state index is 5.78. The molecule has 1 aromatic carbocycles. The maximum Gasteiger partial charge on any atom is 0.226 e. The zero-order valence-corrected chi connectivity index (χ0v) is 11.3. The third-order valence-electron chi connectivity index (χ3n) is 2.64. The predicted molar refractivity (Wildman–Crippen MR) is 71.8 cm³/mol. The van der Waals surface area contributed by atoms with Crippen molar-refractivity contribution in [1.29, 1.82) is 0 Å². The Balaban J connectivity index is 1.95. The third-order valence-corrected chi connectivity index (χ3v) is 2.64. The molecule has 0 radical (unpaired) electrons. The summed E-state index contributed by atoms with van der Waals surface area (Å²) in [4.78, 5) is 4.19. The number of aryl methyl sites for hydroxylation is 1. The Morgan fingerprint density at radius 2 is 2.26 bits per heavy atom. The molecule has 0 aliphatic carbocycles. The highest BCUT2D eigenvalue weighted by Gasteiger charge is 2.05. The molecule has 0 aliphatic heterocycles. The number of rotatable bonds is 6. The monoisotopic (exact) mass is 261 g/mol. The van der Waals surface area contributed by atoms with Crippen molar-refractivity contribution >= 4 is 0 Å². The standard InChI is InChI=1S/C14H19N3O2/c1-3-14-16-13(17-19-14)9-18-12-6-4-5-11(8-12)7-10(2)15/h4-6,8,10H,3,7,9,15H2,1-2H3. The van der Waals surface area contributed by atoms with Crippen LogP contribution < -0.4 is 10.5 Å². The molecule has 0 fully saturated rings. The number of hydrogen-bond donors (Lipinski definition) is 1. The molecule has 1 heterocycles. The molecule has 2 N–H and O–H groups in total. The van der Waals surface area contributed by atoms with Crippen LogP contribution in [0.4, 0.5) is 0 Å². The van der Waals surface area contributed by atoms with Crippen molar-refractivity contribution in [1.82, 2.24) is 10.1 Å². The summed E-state index contributed by atoms with van der Waals surface area (Å²) in [6.45, 7) is 4.26. The Morgan fingerprint density at radius 1 is 1.42 bits per heavy atom. The quantitative estimate of drug-likeness (QED) is 0.862. The van der Waals surface area contributed by atoms with Gasteiger partial charge < -0.3 is 15.0 Å². The number of nitrogens with zero attached hydrogens (tertiary/aromatic N) is 2. The molecular weight excluding hydrogens is 242 g/mol. The fraction of sp³-hybridized carbons (Fsp3) is 0.429. The second kappa shape index (κ2) is 6.33. The Labute approximate surface area is 112 Å². The molecular formula is C14H19N3O2. The first kappa shape index (κ1) is 13.5. The minimum atomic E-state index is 0.138. The van der Waals surface area contributed by atoms with Crippen LogP contribution in [0, 0.1) is 0 Å². The van der Waals surface area contributed by atoms with Crippen LogP contribution in [-0.4, -0.2) is 16.2 Å². The lowest BCUT2D eigenvalue weighted by Crippen LogP contribution is -2.17. The number of ether oxygens (including phenoxy) is 1. The lowest BCUT2D eigenvalue weighted by molar-refractivity contribution is 0.285. The van der Waals surface area contributed by atoms with E-state index in [1.54, 1.807) is 0 Å². The van der Waals surface area contributed by atoms with Gasteiger partial charge in [0.05, 0.1) is 0 Å². The summed E-state index contributed by atoms with van der Waals surface area (Å²) in [5.41, 5.74) is 6.95. The van der Waals surface area contributed by atoms with Crippen molar-refractivity contribution in [2.75, 3.05) is 0 Å². The van der Waals surface area contributed by atoms with Gasteiger partial charge in [0.1, 0.15) is 5.75 Å². The number of hydrogen-bond acceptors (Lipinski definition) is 5. The van der Waals surface area contributed by atoms with Crippen molar-refractivity contribution in [2.24, 2.45) is 5.73 Å². The van der Waals surface area contributed by atoms with Gasteiger partial charge in [0.2, 0.25) is 11.7 Å². The van der Waals surface area contributed by atoms with E-state index in [1.807, 2.05) is 38.1 Å². The van der Waals surface area contributed by atoms with Gasteiger partial charge in [-0.25, -0.2) is 0 Å². The van der Waals surface area contributed by atoms with Gasteiger partial charge >= 0.3 is 0 Å². The summed E-state index contributed by atoms with van der Waals surface area (Å²) in [7, 11) is 0. The van der Waals surface area contributed by atoms with Gasteiger partial charge in [-0.2, -0.15) is 4.98 Å². The first-order valence-electron chi connectivity index (χ1n) is 6.46. The van der Waals surface area contributed by atoms with Gasteiger partial charge in [0.25, 0.3) is 0 Å². The van der Waals surface area contributed by atoms with E-state index in [1.165, 1.54) is 0 Å². The molecule has 2 rings (SSSR count). The summed E-state index contributed by atoms with van der Waals surface area (Å²) in [5, 5.41) is 3.84. The van der Waals surface area contributed by atoms with Crippen LogP contribution in [0.15, 0.2) is 28.8 Å². The highest BCUT2D eigenvalue weighted by atomic mass is 16.5. The molecule has 0 aliphatic rings. The molecule has 19 heavy (non-hydrogen) atoms. The molecule has 1 atom stereocenters. The average Bonchev–Trinajstić information content (AvgIpc) is 2.84. The van der Waals surface area contributed by atoms with Gasteiger partial charge in [-0.3, -0.25) is 0 Å². The van der Waals surface area contributed by atoms with Gasteiger partial charge in [-0.15, -0.1) is 0 Å². The molecule has 0 amide bonds. The topological polar surface area (TPSA) is 74.2 Å². The van der Waals surface area contributed by atoms with E-state index >= 15 is 0 Å². The minimum absolute atomic E-state index is 0.138. The normalized spacial score (nSPS) is 12.4. The van der Waals surface area contributed by atoms with Crippen LogP contribution in [0.25, 0.3) is 0 Å². The van der Waals surface area contributed by atoms with Crippen molar-refractivity contribution in [3.05, 3.63) is 41.5 Å². The number of aromatic nitrogens is 2. The van der Waals surface area contributed by atoms with Crippen molar-refractivity contribution in [3.8, 4) is 5.75 Å². The van der Waals surface area contributed by atoms with Crippen molar-refractivity contribution < 1.29 is 9.26 Å². The van der Waals surface area contributed by atoms with E-state index in [4.69, 9.17) is 15.0 Å². The van der Waals surface area contributed by atoms with Crippen LogP contribution in [0.2, 0.25) is 0 Å². The van der Waals surface area contributed by atoms with E-state index in [0.29, 0.717) is 18.3 Å². The zero-order chi connectivity index (χ0) is 13.7. The van der Waals surface area contributed by atoms with Gasteiger partial charge in [0, 0.05) is 12.5 Å². The molecule has 0 spiro atoms. The van der Waals surface area contributed by atoms with Crippen LogP contribution in [0.1, 0.15) is 31.1 Å². The first-order valence-corrected chi connectivity index (χ1v) is 6.46. The predicted octanol–water partition coefficient (Wildman–Crippen LogP) is 2.10. The number of nitrogens with two attached hydrogens (primary N) is 1. The fourth-order valence-electron chi connectivity index (χ4n) is 1.77. The van der Waals surface area contributed by atoms with E-state index in [9.17, 15) is 0 Å². The molecule has 0 bridgehead atoms. The highest BCUT2D eigenvalue weighted by molar-refractivity contribution is 5.29. The molecule has 0 saturated carbocycles. The van der Waals surface area contributed by atoms with E-state index in [0.717, 1.165) is 24.2 Å². The second-order valence-corrected chi connectivity index (χ2v) is 4.58. The highest BCUT2D eigenvalue weighted by Crippen LogP contribution is 2.15. The molecule has 1 unspecified atom stereocenters. The SMILES string of the molecule is CCc1nc(COc2cccc(CC(C)N)c2)no1. The van der Waals surface area contributed by atoms with Crippen LogP contribution >= 0.6 is 0 Å². The maximum atomic E-state index is 5.78. The minimum Gasteiger partial charge on any atom is -0.485 e. The van der Waals surface area contributed by atoms with Gasteiger partial charge in [-0.1, -0.05) is 24.2 Å². The van der Waals surface area contributed by atoms with E-state index in [2.05, 4.69) is 10.1 Å². The molecule has 5 nitrogen and oxygen atoms in total. The molecule has 0 saturated heterocycles. The fourth-order valence-corrected chi connectivity index (χ4v) is 1.77. The lowest BCUT2D eigenvalue weighted by Gasteiger charge is -2.08. The Bertz CT molecular complexity index is 523. The van der Waals surface area contributed by atoms with Gasteiger partial charge in [0.15, 0.2) is 6.61 Å². The smallest absolute Gasteiger partial charge is 0.226 e. The Hall–Kier alpha value is -1.88. The van der Waals surface area contributed by atoms with Crippen molar-refractivity contribution in [2.45, 2.75) is 39.3 Å². The van der Waals surface area contributed by atoms with Crippen LogP contribution in [-0.2, 0) is 19.4 Å². The van der Waals surface area contributed by atoms with E-state index < -0.39 is 0 Å². The summed E-state index contributed by atoms with van der Waals surface area (Å²) < 4.78 is 10.7. The molecule has 2 aromatic rings. The Morgan fingerprint density at radius 3 is 2.95 bits per heavy atom. The zero-order valence-electron chi connectivity index (χ0n) is 11.3. The van der Waals surface area contributed by atoms with Crippen molar-refractivity contribution in [3.63, 3.8) is 0 Å². The largest absolute Gasteiger partial charge is 0.485 e. The first-order chi connectivity index (χ1) is 9.17. The average molecular weight is 261 g/mol. The summed E-state index contributed by atoms with van der Waals surface area (Å²) in [5.74, 6) is 1.99. The Kier molecular flexibility index (Phi) is 4.52. The lowest BCUT2D eigenvalue weighted by atomic mass is 10.1. The second-order valence-electron chi connectivity index (χ2n) is 4.58. The van der Waals surface area contributed by atoms with Crippen LogP contribution in [0.3, 0.4) is 0 Å². The number of benzene rings is 1. The van der Waals surface area contributed by atoms with Gasteiger partial charge in [-0.05, 0) is 31.0 Å². The summed E-state index contributed by atoms with van der Waals surface area (Å²) in [6.07, 6.45) is 1.57. The third kappa shape index (κ3) is 4.06.